The third-order valence-electron chi connectivity index (χ3n) is 6.62. The fourth-order valence-corrected chi connectivity index (χ4v) is 5.96. The zero-order chi connectivity index (χ0) is 24.1. The van der Waals surface area contributed by atoms with Crippen molar-refractivity contribution in [2.45, 2.75) is 62.1 Å². The van der Waals surface area contributed by atoms with E-state index in [0.717, 1.165) is 12.0 Å². The van der Waals surface area contributed by atoms with Crippen LogP contribution in [0.1, 0.15) is 39.0 Å². The number of carbonyl (C=O) groups excluding carboxylic acids is 1. The number of nitrogens with zero attached hydrogens (tertiary/aromatic N) is 1. The van der Waals surface area contributed by atoms with Crippen molar-refractivity contribution in [3.05, 3.63) is 61.2 Å². The van der Waals surface area contributed by atoms with Crippen LogP contribution >= 0.6 is 0 Å². The van der Waals surface area contributed by atoms with Crippen LogP contribution in [0.3, 0.4) is 0 Å². The number of nitrogens with one attached hydrogen (secondary N) is 2. The molecule has 0 spiro atoms. The zero-order valence-electron chi connectivity index (χ0n) is 19.1. The highest BCUT2D eigenvalue weighted by molar-refractivity contribution is 7.89. The Labute approximate surface area is 200 Å². The highest BCUT2D eigenvalue weighted by Crippen LogP contribution is 2.27. The van der Waals surface area contributed by atoms with Gasteiger partial charge in [0.25, 0.3) is 0 Å². The summed E-state index contributed by atoms with van der Waals surface area (Å²) in [5.41, 5.74) is 1.41. The molecule has 1 unspecified atom stereocenters. The van der Waals surface area contributed by atoms with Gasteiger partial charge in [-0.3, -0.25) is 4.79 Å². The Morgan fingerprint density at radius 1 is 1.15 bits per heavy atom. The number of benzene rings is 1. The van der Waals surface area contributed by atoms with Gasteiger partial charge in [0.1, 0.15) is 12.0 Å². The van der Waals surface area contributed by atoms with E-state index in [9.17, 15) is 18.3 Å². The highest BCUT2D eigenvalue weighted by atomic mass is 32.2. The molecule has 1 saturated carbocycles. The van der Waals surface area contributed by atoms with E-state index in [0.29, 0.717) is 31.4 Å². The molecule has 2 aromatic rings. The molecule has 0 aliphatic heterocycles. The molecule has 3 atom stereocenters. The monoisotopic (exact) mass is 485 g/mol. The summed E-state index contributed by atoms with van der Waals surface area (Å²) in [6.45, 7) is 1.70. The van der Waals surface area contributed by atoms with Gasteiger partial charge >= 0.3 is 0 Å². The number of hydrogen-bond acceptors (Lipinski definition) is 6. The van der Waals surface area contributed by atoms with E-state index in [-0.39, 0.29) is 34.7 Å². The van der Waals surface area contributed by atoms with Gasteiger partial charge in [-0.1, -0.05) is 36.4 Å². The summed E-state index contributed by atoms with van der Waals surface area (Å²) in [5.74, 6) is -0.196. The van der Waals surface area contributed by atoms with E-state index in [4.69, 9.17) is 4.42 Å². The summed E-state index contributed by atoms with van der Waals surface area (Å²) in [7, 11) is -3.67. The molecular formula is C25H31N3O5S. The lowest BCUT2D eigenvalue weighted by Crippen LogP contribution is -2.49. The Morgan fingerprint density at radius 2 is 1.88 bits per heavy atom. The van der Waals surface area contributed by atoms with Gasteiger partial charge in [-0.15, -0.1) is 0 Å². The topological polar surface area (TPSA) is 122 Å². The molecule has 2 aliphatic carbocycles. The number of sulfonamides is 1. The first-order valence-corrected chi connectivity index (χ1v) is 13.1. The number of hydrogen-bond donors (Lipinski definition) is 3. The van der Waals surface area contributed by atoms with Crippen LogP contribution in [0.2, 0.25) is 0 Å². The molecule has 2 aliphatic rings. The SMILES string of the molecule is C[C@@H](O)[C@@H](NC(=O)C1CCC(NS(=O)(=O)c2ccc(-c3cocn3)cc2)CC1)C1C=CC=CC1. The standard InChI is InChI=1S/C25H31N3O5S/c1-17(29)24(19-5-3-2-4-6-19)27-25(30)20-7-11-21(12-8-20)28-34(31,32)22-13-9-18(10-14-22)23-15-33-16-26-23/h2-5,9-10,13-17,19-21,24,28-29H,6-8,11-12H2,1H3,(H,27,30)/t17-,19?,20?,21?,24-/m1/s1. The van der Waals surface area contributed by atoms with Crippen molar-refractivity contribution in [1.29, 1.82) is 0 Å². The smallest absolute Gasteiger partial charge is 0.240 e. The minimum absolute atomic E-state index is 0.0628. The van der Waals surface area contributed by atoms with Crippen molar-refractivity contribution in [2.24, 2.45) is 11.8 Å². The van der Waals surface area contributed by atoms with Crippen molar-refractivity contribution in [3.8, 4) is 11.3 Å². The summed E-state index contributed by atoms with van der Waals surface area (Å²) in [6, 6.07) is 5.94. The van der Waals surface area contributed by atoms with Crippen molar-refractivity contribution >= 4 is 15.9 Å². The van der Waals surface area contributed by atoms with Crippen LogP contribution in [0.25, 0.3) is 11.3 Å². The molecule has 4 rings (SSSR count). The Morgan fingerprint density at radius 3 is 2.47 bits per heavy atom. The van der Waals surface area contributed by atoms with Crippen LogP contribution in [0.15, 0.2) is 70.5 Å². The molecule has 1 aromatic heterocycles. The number of amides is 1. The maximum atomic E-state index is 12.9. The van der Waals surface area contributed by atoms with Crippen LogP contribution in [0.5, 0.6) is 0 Å². The van der Waals surface area contributed by atoms with Crippen molar-refractivity contribution in [3.63, 3.8) is 0 Å². The summed E-state index contributed by atoms with van der Waals surface area (Å²) in [4.78, 5) is 17.1. The summed E-state index contributed by atoms with van der Waals surface area (Å²) in [5, 5.41) is 13.2. The second-order valence-electron chi connectivity index (χ2n) is 9.06. The molecule has 1 aromatic carbocycles. The molecule has 34 heavy (non-hydrogen) atoms. The number of oxazole rings is 1. The normalized spacial score (nSPS) is 24.5. The summed E-state index contributed by atoms with van der Waals surface area (Å²) in [6.07, 6.45) is 13.3. The van der Waals surface area contributed by atoms with E-state index in [1.54, 1.807) is 31.2 Å². The lowest BCUT2D eigenvalue weighted by molar-refractivity contribution is -0.128. The third kappa shape index (κ3) is 5.84. The van der Waals surface area contributed by atoms with E-state index in [1.807, 2.05) is 24.3 Å². The van der Waals surface area contributed by atoms with Crippen LogP contribution in [-0.2, 0) is 14.8 Å². The van der Waals surface area contributed by atoms with Gasteiger partial charge in [-0.05, 0) is 51.2 Å². The largest absolute Gasteiger partial charge is 0.451 e. The maximum Gasteiger partial charge on any atom is 0.240 e. The van der Waals surface area contributed by atoms with Gasteiger partial charge in [0.15, 0.2) is 6.39 Å². The summed E-state index contributed by atoms with van der Waals surface area (Å²) >= 11 is 0. The molecule has 8 nitrogen and oxygen atoms in total. The predicted molar refractivity (Wildman–Crippen MR) is 128 cm³/mol. The first-order valence-electron chi connectivity index (χ1n) is 11.7. The Bertz CT molecular complexity index is 1120. The van der Waals surface area contributed by atoms with Gasteiger partial charge in [0, 0.05) is 23.4 Å². The zero-order valence-corrected chi connectivity index (χ0v) is 19.9. The van der Waals surface area contributed by atoms with Gasteiger partial charge in [0.05, 0.1) is 17.0 Å². The van der Waals surface area contributed by atoms with Gasteiger partial charge in [-0.25, -0.2) is 18.1 Å². The molecule has 3 N–H and O–H groups in total. The molecule has 0 saturated heterocycles. The lowest BCUT2D eigenvalue weighted by Gasteiger charge is -2.32. The van der Waals surface area contributed by atoms with Crippen LogP contribution in [-0.4, -0.2) is 42.6 Å². The van der Waals surface area contributed by atoms with Gasteiger partial charge in [-0.2, -0.15) is 0 Å². The number of aliphatic hydroxyl groups excluding tert-OH is 1. The van der Waals surface area contributed by atoms with Crippen molar-refractivity contribution in [1.82, 2.24) is 15.0 Å². The molecule has 0 bridgehead atoms. The van der Waals surface area contributed by atoms with Gasteiger partial charge < -0.3 is 14.8 Å². The number of allylic oxidation sites excluding steroid dienone is 3. The van der Waals surface area contributed by atoms with Crippen LogP contribution < -0.4 is 10.0 Å². The second-order valence-corrected chi connectivity index (χ2v) is 10.8. The van der Waals surface area contributed by atoms with E-state index < -0.39 is 16.1 Å². The van der Waals surface area contributed by atoms with Crippen LogP contribution in [0.4, 0.5) is 0 Å². The Hall–Kier alpha value is -2.75. The van der Waals surface area contributed by atoms with Crippen molar-refractivity contribution in [2.75, 3.05) is 0 Å². The number of carbonyl (C=O) groups is 1. The minimum Gasteiger partial charge on any atom is -0.451 e. The highest BCUT2D eigenvalue weighted by Gasteiger charge is 2.32. The van der Waals surface area contributed by atoms with Crippen molar-refractivity contribution < 1.29 is 22.7 Å². The molecule has 1 heterocycles. The molecule has 9 heteroatoms. The quantitative estimate of drug-likeness (QED) is 0.528. The maximum absolute atomic E-state index is 12.9. The number of aliphatic hydroxyl groups is 1. The fourth-order valence-electron chi connectivity index (χ4n) is 4.65. The van der Waals surface area contributed by atoms with Crippen LogP contribution in [0, 0.1) is 11.8 Å². The van der Waals surface area contributed by atoms with E-state index in [1.165, 1.54) is 12.7 Å². The first-order chi connectivity index (χ1) is 16.3. The molecule has 182 valence electrons. The first kappa shape index (κ1) is 24.4. The average molecular weight is 486 g/mol. The Kier molecular flexibility index (Phi) is 7.65. The average Bonchev–Trinajstić information content (AvgIpc) is 3.38. The minimum atomic E-state index is -3.67. The second kappa shape index (κ2) is 10.7. The fraction of sp³-hybridized carbons (Fsp3) is 0.440. The third-order valence-corrected chi connectivity index (χ3v) is 8.15. The van der Waals surface area contributed by atoms with E-state index in [2.05, 4.69) is 15.0 Å². The molecular weight excluding hydrogens is 454 g/mol. The number of rotatable bonds is 8. The molecule has 1 fully saturated rings. The van der Waals surface area contributed by atoms with Gasteiger partial charge in [0.2, 0.25) is 15.9 Å². The molecule has 0 radical (unpaired) electrons. The molecule has 1 amide bonds. The van der Waals surface area contributed by atoms with E-state index >= 15 is 0 Å². The Balaban J connectivity index is 1.30. The summed E-state index contributed by atoms with van der Waals surface area (Å²) < 4.78 is 33.4. The number of aromatic nitrogens is 1. The predicted octanol–water partition coefficient (Wildman–Crippen LogP) is 3.18. The lowest BCUT2D eigenvalue weighted by atomic mass is 9.84.